The molecule has 1 unspecified atom stereocenters. The van der Waals surface area contributed by atoms with Gasteiger partial charge in [-0.1, -0.05) is 60.7 Å². The molecule has 3 amide bonds. The number of carbonyl (C=O) groups is 2. The summed E-state index contributed by atoms with van der Waals surface area (Å²) in [6, 6.07) is 29.2. The van der Waals surface area contributed by atoms with Crippen LogP contribution in [0.2, 0.25) is 0 Å². The van der Waals surface area contributed by atoms with Gasteiger partial charge in [0.05, 0.1) is 6.04 Å². The minimum Gasteiger partial charge on any atom is -0.367 e. The van der Waals surface area contributed by atoms with Crippen LogP contribution in [-0.2, 0) is 0 Å². The zero-order valence-corrected chi connectivity index (χ0v) is 19.6. The largest absolute Gasteiger partial charge is 0.367 e. The second-order valence-electron chi connectivity index (χ2n) is 8.88. The van der Waals surface area contributed by atoms with E-state index >= 15 is 0 Å². The first kappa shape index (κ1) is 22.5. The molecule has 1 aliphatic heterocycles. The highest BCUT2D eigenvalue weighted by Crippen LogP contribution is 2.34. The van der Waals surface area contributed by atoms with Gasteiger partial charge in [0.1, 0.15) is 0 Å². The predicted molar refractivity (Wildman–Crippen MR) is 141 cm³/mol. The van der Waals surface area contributed by atoms with E-state index in [1.165, 1.54) is 22.0 Å². The fourth-order valence-corrected chi connectivity index (χ4v) is 4.92. The number of nitrogens with one attached hydrogen (secondary N) is 1. The van der Waals surface area contributed by atoms with Crippen molar-refractivity contribution < 1.29 is 9.59 Å². The minimum absolute atomic E-state index is 0.0297. The minimum atomic E-state index is -0.632. The van der Waals surface area contributed by atoms with Gasteiger partial charge in [0.15, 0.2) is 0 Å². The van der Waals surface area contributed by atoms with E-state index in [0.717, 1.165) is 12.1 Å². The Morgan fingerprint density at radius 2 is 1.51 bits per heavy atom. The molecule has 1 atom stereocenters. The van der Waals surface area contributed by atoms with Gasteiger partial charge in [0.2, 0.25) is 0 Å². The molecule has 1 saturated heterocycles. The molecule has 176 valence electrons. The van der Waals surface area contributed by atoms with Crippen LogP contribution in [-0.4, -0.2) is 36.5 Å². The fourth-order valence-electron chi connectivity index (χ4n) is 4.92. The number of nitrogens with two attached hydrogens (primary N) is 1. The Morgan fingerprint density at radius 3 is 2.23 bits per heavy atom. The second-order valence-corrected chi connectivity index (χ2v) is 8.88. The molecular formula is C29H28N4O2. The van der Waals surface area contributed by atoms with Crippen LogP contribution >= 0.6 is 0 Å². The number of carbonyl (C=O) groups excluding carboxylic acids is 2. The van der Waals surface area contributed by atoms with Crippen LogP contribution in [0.5, 0.6) is 0 Å². The third kappa shape index (κ3) is 4.55. The molecule has 5 rings (SSSR count). The van der Waals surface area contributed by atoms with Gasteiger partial charge < -0.3 is 20.9 Å². The predicted octanol–water partition coefficient (Wildman–Crippen LogP) is 5.34. The molecule has 4 aromatic carbocycles. The van der Waals surface area contributed by atoms with Crippen LogP contribution in [0.15, 0.2) is 91.0 Å². The summed E-state index contributed by atoms with van der Waals surface area (Å²) in [5.74, 6) is -0.0297. The number of hydrogen-bond acceptors (Lipinski definition) is 3. The highest BCUT2D eigenvalue weighted by Gasteiger charge is 2.32. The Hall–Kier alpha value is -4.32. The zero-order valence-electron chi connectivity index (χ0n) is 19.6. The van der Waals surface area contributed by atoms with Crippen LogP contribution in [0.25, 0.3) is 10.8 Å². The van der Waals surface area contributed by atoms with Crippen LogP contribution in [0.4, 0.5) is 16.2 Å². The van der Waals surface area contributed by atoms with Gasteiger partial charge >= 0.3 is 6.03 Å². The van der Waals surface area contributed by atoms with Crippen molar-refractivity contribution in [1.29, 1.82) is 0 Å². The molecule has 35 heavy (non-hydrogen) atoms. The number of urea groups is 1. The lowest BCUT2D eigenvalue weighted by molar-refractivity contribution is 0.0655. The zero-order chi connectivity index (χ0) is 24.4. The topological polar surface area (TPSA) is 78.7 Å². The van der Waals surface area contributed by atoms with Crippen LogP contribution in [0.3, 0.4) is 0 Å². The normalized spacial score (nSPS) is 15.7. The molecule has 1 heterocycles. The molecule has 0 radical (unpaired) electrons. The molecule has 0 aromatic heterocycles. The van der Waals surface area contributed by atoms with Gasteiger partial charge in [-0.25, -0.2) is 4.79 Å². The molecule has 6 nitrogen and oxygen atoms in total. The van der Waals surface area contributed by atoms with E-state index in [4.69, 9.17) is 5.73 Å². The molecule has 1 aliphatic rings. The number of nitrogens with zero attached hydrogens (tertiary/aromatic N) is 2. The van der Waals surface area contributed by atoms with E-state index in [1.54, 1.807) is 24.3 Å². The molecular weight excluding hydrogens is 436 g/mol. The fraction of sp³-hybridized carbons (Fsp3) is 0.172. The summed E-state index contributed by atoms with van der Waals surface area (Å²) in [6.07, 6.45) is 0. The molecule has 0 bridgehead atoms. The molecule has 0 aliphatic carbocycles. The monoisotopic (exact) mass is 464 g/mol. The number of primary amides is 1. The molecule has 6 heteroatoms. The summed E-state index contributed by atoms with van der Waals surface area (Å²) in [7, 11) is 0. The lowest BCUT2D eigenvalue weighted by Crippen LogP contribution is -2.50. The Morgan fingerprint density at radius 1 is 0.829 bits per heavy atom. The number of amides is 3. The van der Waals surface area contributed by atoms with Crippen molar-refractivity contribution in [3.8, 4) is 0 Å². The summed E-state index contributed by atoms with van der Waals surface area (Å²) in [5.41, 5.74) is 9.89. The number of hydrogen-bond donors (Lipinski definition) is 2. The van der Waals surface area contributed by atoms with Crippen LogP contribution in [0.1, 0.15) is 27.5 Å². The average Bonchev–Trinajstić information content (AvgIpc) is 2.89. The highest BCUT2D eigenvalue weighted by atomic mass is 16.2. The van der Waals surface area contributed by atoms with E-state index in [2.05, 4.69) is 65.7 Å². The van der Waals surface area contributed by atoms with E-state index in [0.29, 0.717) is 24.3 Å². The summed E-state index contributed by atoms with van der Waals surface area (Å²) < 4.78 is 0. The lowest BCUT2D eigenvalue weighted by atomic mass is 9.98. The third-order valence-electron chi connectivity index (χ3n) is 6.68. The van der Waals surface area contributed by atoms with Gasteiger partial charge in [-0.05, 0) is 53.8 Å². The average molecular weight is 465 g/mol. The molecule has 3 N–H and O–H groups in total. The van der Waals surface area contributed by atoms with Crippen molar-refractivity contribution in [2.45, 2.75) is 13.0 Å². The molecule has 1 fully saturated rings. The standard InChI is InChI=1S/C29H28N4O2/c1-20-11-16-26(25-10-6-5-9-24(20)25)32-17-18-33(27(19-32)21-7-3-2-4-8-21)28(34)22-12-14-23(15-13-22)31-29(30)35/h2-16,27H,17-19H2,1H3,(H3,30,31,35). The second kappa shape index (κ2) is 9.50. The van der Waals surface area contributed by atoms with E-state index < -0.39 is 6.03 Å². The maximum atomic E-state index is 13.6. The van der Waals surface area contributed by atoms with E-state index in [9.17, 15) is 9.59 Å². The maximum absolute atomic E-state index is 13.6. The van der Waals surface area contributed by atoms with Crippen molar-refractivity contribution >= 4 is 34.1 Å². The maximum Gasteiger partial charge on any atom is 0.316 e. The number of piperazine rings is 1. The van der Waals surface area contributed by atoms with Crippen molar-refractivity contribution in [3.63, 3.8) is 0 Å². The molecule has 0 saturated carbocycles. The summed E-state index contributed by atoms with van der Waals surface area (Å²) >= 11 is 0. The number of benzene rings is 4. The first-order valence-corrected chi connectivity index (χ1v) is 11.8. The smallest absolute Gasteiger partial charge is 0.316 e. The van der Waals surface area contributed by atoms with Gasteiger partial charge in [-0.15, -0.1) is 0 Å². The van der Waals surface area contributed by atoms with Crippen molar-refractivity contribution in [1.82, 2.24) is 4.90 Å². The Bertz CT molecular complexity index is 1370. The lowest BCUT2D eigenvalue weighted by Gasteiger charge is -2.43. The Balaban J connectivity index is 1.46. The molecule has 0 spiro atoms. The first-order valence-electron chi connectivity index (χ1n) is 11.8. The van der Waals surface area contributed by atoms with E-state index in [-0.39, 0.29) is 11.9 Å². The van der Waals surface area contributed by atoms with Crippen LogP contribution in [0, 0.1) is 6.92 Å². The Labute approximate surface area is 205 Å². The van der Waals surface area contributed by atoms with Crippen LogP contribution < -0.4 is 16.0 Å². The SMILES string of the molecule is Cc1ccc(N2CCN(C(=O)c3ccc(NC(N)=O)cc3)C(c3ccccc3)C2)c2ccccc12. The number of rotatable bonds is 4. The number of anilines is 2. The summed E-state index contributed by atoms with van der Waals surface area (Å²) in [4.78, 5) is 29.1. The van der Waals surface area contributed by atoms with Gasteiger partial charge in [-0.2, -0.15) is 0 Å². The van der Waals surface area contributed by atoms with Gasteiger partial charge in [0, 0.05) is 42.0 Å². The number of aryl methyl sites for hydroxylation is 1. The van der Waals surface area contributed by atoms with Crippen molar-refractivity contribution in [2.24, 2.45) is 5.73 Å². The van der Waals surface area contributed by atoms with Crippen molar-refractivity contribution in [2.75, 3.05) is 29.9 Å². The summed E-state index contributed by atoms with van der Waals surface area (Å²) in [5, 5.41) is 5.02. The summed E-state index contributed by atoms with van der Waals surface area (Å²) in [6.45, 7) is 4.18. The molecule has 4 aromatic rings. The Kier molecular flexibility index (Phi) is 6.10. The third-order valence-corrected chi connectivity index (χ3v) is 6.68. The number of fused-ring (bicyclic) bond motifs is 1. The quantitative estimate of drug-likeness (QED) is 0.428. The first-order chi connectivity index (χ1) is 17.0. The highest BCUT2D eigenvalue weighted by molar-refractivity contribution is 5.98. The van der Waals surface area contributed by atoms with Gasteiger partial charge in [0.25, 0.3) is 5.91 Å². The van der Waals surface area contributed by atoms with E-state index in [1.807, 2.05) is 23.1 Å². The van der Waals surface area contributed by atoms with Crippen molar-refractivity contribution in [3.05, 3.63) is 108 Å². The van der Waals surface area contributed by atoms with Gasteiger partial charge in [-0.3, -0.25) is 4.79 Å².